The lowest BCUT2D eigenvalue weighted by atomic mass is 10.4. The van der Waals surface area contributed by atoms with Gasteiger partial charge in [-0.15, -0.1) is 0 Å². The molecule has 0 radical (unpaired) electrons. The fourth-order valence-corrected chi connectivity index (χ4v) is 0.912. The second-order valence-corrected chi connectivity index (χ2v) is 2.37. The van der Waals surface area contributed by atoms with Gasteiger partial charge in [0, 0.05) is 19.2 Å². The molecule has 0 atom stereocenters. The molecule has 1 rings (SSSR count). The number of amides is 3. The van der Waals surface area contributed by atoms with Crippen LogP contribution in [-0.4, -0.2) is 29.7 Å². The van der Waals surface area contributed by atoms with Gasteiger partial charge in [-0.2, -0.15) is 0 Å². The summed E-state index contributed by atoms with van der Waals surface area (Å²) in [6.07, 6.45) is 2.19. The van der Waals surface area contributed by atoms with Gasteiger partial charge in [0.2, 0.25) is 0 Å². The second-order valence-electron chi connectivity index (χ2n) is 2.37. The Labute approximate surface area is 74.7 Å². The van der Waals surface area contributed by atoms with Crippen molar-refractivity contribution in [1.29, 1.82) is 0 Å². The predicted octanol–water partition coefficient (Wildman–Crippen LogP) is -0.829. The highest BCUT2D eigenvalue weighted by Gasteiger charge is 2.28. The molecule has 1 aliphatic rings. The Morgan fingerprint density at radius 2 is 1.85 bits per heavy atom. The number of rotatable bonds is 2. The van der Waals surface area contributed by atoms with Crippen molar-refractivity contribution in [2.75, 3.05) is 7.05 Å². The summed E-state index contributed by atoms with van der Waals surface area (Å²) in [4.78, 5) is 33.8. The molecule has 1 heterocycles. The van der Waals surface area contributed by atoms with Crippen molar-refractivity contribution in [1.82, 2.24) is 10.2 Å². The molecule has 1 N–H and O–H groups in total. The van der Waals surface area contributed by atoms with Gasteiger partial charge in [-0.05, 0) is 0 Å². The molecule has 0 bridgehead atoms. The molecule has 0 aromatic rings. The summed E-state index contributed by atoms with van der Waals surface area (Å²) in [6, 6.07) is 0. The molecule has 5 nitrogen and oxygen atoms in total. The van der Waals surface area contributed by atoms with E-state index in [4.69, 9.17) is 0 Å². The van der Waals surface area contributed by atoms with Crippen LogP contribution in [0.15, 0.2) is 24.4 Å². The van der Waals surface area contributed by atoms with Gasteiger partial charge in [0.15, 0.2) is 0 Å². The molecule has 5 heteroatoms. The van der Waals surface area contributed by atoms with Crippen molar-refractivity contribution in [2.45, 2.75) is 0 Å². The standard InChI is InChI=1S/C8H8N2O3/c1-5(8(13)9-2)10-6(11)3-4-7(10)12/h3-4H,1H2,2H3,(H,9,13). The lowest BCUT2D eigenvalue weighted by Crippen LogP contribution is -2.36. The predicted molar refractivity (Wildman–Crippen MR) is 44.2 cm³/mol. The SMILES string of the molecule is C=C(C(=O)NC)N1C(=O)C=CC1=O. The van der Waals surface area contributed by atoms with Crippen LogP contribution in [0.25, 0.3) is 0 Å². The van der Waals surface area contributed by atoms with E-state index >= 15 is 0 Å². The lowest BCUT2D eigenvalue weighted by Gasteiger charge is -2.14. The summed E-state index contributed by atoms with van der Waals surface area (Å²) in [7, 11) is 1.39. The van der Waals surface area contributed by atoms with Crippen LogP contribution in [-0.2, 0) is 14.4 Å². The quantitative estimate of drug-likeness (QED) is 0.445. The third-order valence-electron chi connectivity index (χ3n) is 1.57. The summed E-state index contributed by atoms with van der Waals surface area (Å²) in [5.41, 5.74) is -0.164. The third-order valence-corrected chi connectivity index (χ3v) is 1.57. The highest BCUT2D eigenvalue weighted by Crippen LogP contribution is 2.10. The first-order valence-corrected chi connectivity index (χ1v) is 3.55. The number of likely N-dealkylation sites (N-methyl/N-ethyl adjacent to an activating group) is 1. The zero-order valence-corrected chi connectivity index (χ0v) is 7.03. The molecule has 68 valence electrons. The molecule has 0 fully saturated rings. The largest absolute Gasteiger partial charge is 0.354 e. The number of hydrogen-bond donors (Lipinski definition) is 1. The lowest BCUT2D eigenvalue weighted by molar-refractivity contribution is -0.137. The van der Waals surface area contributed by atoms with E-state index < -0.39 is 17.7 Å². The highest BCUT2D eigenvalue weighted by molar-refractivity contribution is 6.17. The van der Waals surface area contributed by atoms with E-state index in [0.29, 0.717) is 0 Å². The molecule has 0 aromatic heterocycles. The number of imide groups is 1. The number of carbonyl (C=O) groups excluding carboxylic acids is 3. The van der Waals surface area contributed by atoms with Crippen LogP contribution in [0.1, 0.15) is 0 Å². The van der Waals surface area contributed by atoms with Crippen molar-refractivity contribution in [3.63, 3.8) is 0 Å². The third kappa shape index (κ3) is 1.48. The minimum Gasteiger partial charge on any atom is -0.354 e. The monoisotopic (exact) mass is 180 g/mol. The Morgan fingerprint density at radius 1 is 1.38 bits per heavy atom. The first kappa shape index (κ1) is 9.18. The Kier molecular flexibility index (Phi) is 2.27. The Hall–Kier alpha value is -1.91. The van der Waals surface area contributed by atoms with Gasteiger partial charge in [-0.3, -0.25) is 14.4 Å². The Balaban J connectivity index is 2.85. The zero-order valence-electron chi connectivity index (χ0n) is 7.03. The maximum atomic E-state index is 11.0. The Bertz CT molecular complexity index is 312. The van der Waals surface area contributed by atoms with E-state index in [1.54, 1.807) is 0 Å². The Morgan fingerprint density at radius 3 is 2.23 bits per heavy atom. The van der Waals surface area contributed by atoms with Crippen molar-refractivity contribution >= 4 is 17.7 Å². The number of nitrogens with zero attached hydrogens (tertiary/aromatic N) is 1. The fraction of sp³-hybridized carbons (Fsp3) is 0.125. The van der Waals surface area contributed by atoms with Gasteiger partial charge in [-0.1, -0.05) is 6.58 Å². The second kappa shape index (κ2) is 3.22. The van der Waals surface area contributed by atoms with Crippen molar-refractivity contribution < 1.29 is 14.4 Å². The van der Waals surface area contributed by atoms with E-state index in [0.717, 1.165) is 17.1 Å². The van der Waals surface area contributed by atoms with Crippen molar-refractivity contribution in [3.05, 3.63) is 24.4 Å². The van der Waals surface area contributed by atoms with Crippen LogP contribution in [0.2, 0.25) is 0 Å². The molecule has 0 unspecified atom stereocenters. The van der Waals surface area contributed by atoms with Crippen LogP contribution in [0.5, 0.6) is 0 Å². The van der Waals surface area contributed by atoms with E-state index in [1.807, 2.05) is 0 Å². The van der Waals surface area contributed by atoms with E-state index in [2.05, 4.69) is 11.9 Å². The minimum atomic E-state index is -0.551. The van der Waals surface area contributed by atoms with Gasteiger partial charge < -0.3 is 5.32 Å². The number of hydrogen-bond acceptors (Lipinski definition) is 3. The average Bonchev–Trinajstić information content (AvgIpc) is 2.44. The molecule has 0 aliphatic carbocycles. The van der Waals surface area contributed by atoms with E-state index in [-0.39, 0.29) is 5.70 Å². The zero-order chi connectivity index (χ0) is 10.0. The van der Waals surface area contributed by atoms with Gasteiger partial charge in [-0.25, -0.2) is 4.90 Å². The summed E-state index contributed by atoms with van der Waals surface area (Å²) in [5, 5.41) is 2.27. The van der Waals surface area contributed by atoms with Crippen LogP contribution in [0.4, 0.5) is 0 Å². The van der Waals surface area contributed by atoms with Crippen LogP contribution < -0.4 is 5.32 Å². The summed E-state index contributed by atoms with van der Waals surface area (Å²) in [5.74, 6) is -1.64. The van der Waals surface area contributed by atoms with Crippen LogP contribution >= 0.6 is 0 Å². The molecule has 0 saturated carbocycles. The van der Waals surface area contributed by atoms with Crippen molar-refractivity contribution in [2.24, 2.45) is 0 Å². The average molecular weight is 180 g/mol. The normalized spacial score (nSPS) is 15.0. The van der Waals surface area contributed by atoms with Gasteiger partial charge in [0.25, 0.3) is 17.7 Å². The van der Waals surface area contributed by atoms with E-state index in [1.165, 1.54) is 7.05 Å². The summed E-state index contributed by atoms with van der Waals surface area (Å²) in [6.45, 7) is 3.34. The summed E-state index contributed by atoms with van der Waals surface area (Å²) >= 11 is 0. The molecule has 3 amide bonds. The molecule has 0 aromatic carbocycles. The highest BCUT2D eigenvalue weighted by atomic mass is 16.2. The number of nitrogens with one attached hydrogen (secondary N) is 1. The van der Waals surface area contributed by atoms with E-state index in [9.17, 15) is 14.4 Å². The topological polar surface area (TPSA) is 66.5 Å². The molecular formula is C8H8N2O3. The minimum absolute atomic E-state index is 0.164. The van der Waals surface area contributed by atoms with Crippen LogP contribution in [0, 0.1) is 0 Å². The maximum Gasteiger partial charge on any atom is 0.267 e. The maximum absolute atomic E-state index is 11.0. The van der Waals surface area contributed by atoms with Crippen molar-refractivity contribution in [3.8, 4) is 0 Å². The van der Waals surface area contributed by atoms with Gasteiger partial charge >= 0.3 is 0 Å². The van der Waals surface area contributed by atoms with Crippen LogP contribution in [0.3, 0.4) is 0 Å². The smallest absolute Gasteiger partial charge is 0.267 e. The molecule has 0 spiro atoms. The molecule has 1 aliphatic heterocycles. The first-order valence-electron chi connectivity index (χ1n) is 3.55. The fourth-order valence-electron chi connectivity index (χ4n) is 0.912. The van der Waals surface area contributed by atoms with Gasteiger partial charge in [0.1, 0.15) is 5.70 Å². The number of carbonyl (C=O) groups is 3. The van der Waals surface area contributed by atoms with Gasteiger partial charge in [0.05, 0.1) is 0 Å². The molecule has 13 heavy (non-hydrogen) atoms. The first-order chi connectivity index (χ1) is 6.07. The molecular weight excluding hydrogens is 172 g/mol. The molecule has 0 saturated heterocycles. The summed E-state index contributed by atoms with van der Waals surface area (Å²) < 4.78 is 0.